The van der Waals surface area contributed by atoms with Gasteiger partial charge >= 0.3 is 0 Å². The molecule has 1 heterocycles. The van der Waals surface area contributed by atoms with Gasteiger partial charge in [-0.05, 0) is 36.6 Å². The summed E-state index contributed by atoms with van der Waals surface area (Å²) in [5.74, 6) is 0. The molecule has 0 amide bonds. The average molecular weight is 297 g/mol. The summed E-state index contributed by atoms with van der Waals surface area (Å²) >= 11 is 0. The van der Waals surface area contributed by atoms with Gasteiger partial charge < -0.3 is 10.2 Å². The van der Waals surface area contributed by atoms with Gasteiger partial charge in [0.15, 0.2) is 0 Å². The third-order valence-corrected chi connectivity index (χ3v) is 4.61. The number of hydrogen-bond donors (Lipinski definition) is 2. The molecule has 1 aliphatic rings. The number of nitrogens with zero attached hydrogens (tertiary/aromatic N) is 1. The molecule has 3 atom stereocenters. The van der Waals surface area contributed by atoms with E-state index >= 15 is 0 Å². The Morgan fingerprint density at radius 1 is 1.05 bits per heavy atom. The van der Waals surface area contributed by atoms with E-state index in [0.29, 0.717) is 0 Å². The highest BCUT2D eigenvalue weighted by molar-refractivity contribution is 5.38. The first-order valence-electron chi connectivity index (χ1n) is 7.87. The van der Waals surface area contributed by atoms with Crippen molar-refractivity contribution < 1.29 is 10.2 Å². The van der Waals surface area contributed by atoms with E-state index in [1.165, 1.54) is 0 Å². The van der Waals surface area contributed by atoms with Crippen molar-refractivity contribution in [1.29, 1.82) is 0 Å². The number of benzene rings is 2. The van der Waals surface area contributed by atoms with Gasteiger partial charge in [0.25, 0.3) is 0 Å². The highest BCUT2D eigenvalue weighted by Crippen LogP contribution is 2.35. The van der Waals surface area contributed by atoms with Crippen LogP contribution in [0.5, 0.6) is 0 Å². The standard InChI is InChI=1S/C19H23NO2/c1-20-12-11-15(21)13-18(20)16-9-5-6-10-17(16)19(22)14-7-3-2-4-8-14/h2-10,15,18-19,21-22H,11-13H2,1H3. The molecule has 3 nitrogen and oxygen atoms in total. The maximum atomic E-state index is 10.8. The molecule has 22 heavy (non-hydrogen) atoms. The Morgan fingerprint density at radius 3 is 2.50 bits per heavy atom. The molecule has 0 aliphatic carbocycles. The molecule has 0 bridgehead atoms. The first kappa shape index (κ1) is 15.2. The maximum absolute atomic E-state index is 10.8. The predicted molar refractivity (Wildman–Crippen MR) is 87.6 cm³/mol. The quantitative estimate of drug-likeness (QED) is 0.915. The zero-order valence-corrected chi connectivity index (χ0v) is 12.9. The summed E-state index contributed by atoms with van der Waals surface area (Å²) in [6, 6.07) is 17.9. The van der Waals surface area contributed by atoms with Gasteiger partial charge in [0.2, 0.25) is 0 Å². The Bertz CT molecular complexity index is 614. The second kappa shape index (κ2) is 6.61. The van der Waals surface area contributed by atoms with E-state index in [1.54, 1.807) is 0 Å². The number of aliphatic hydroxyl groups excluding tert-OH is 2. The Labute approximate surface area is 131 Å². The summed E-state index contributed by atoms with van der Waals surface area (Å²) in [5, 5.41) is 20.8. The fourth-order valence-electron chi connectivity index (χ4n) is 3.31. The molecule has 0 saturated carbocycles. The second-order valence-corrected chi connectivity index (χ2v) is 6.12. The van der Waals surface area contributed by atoms with Crippen LogP contribution < -0.4 is 0 Å². The second-order valence-electron chi connectivity index (χ2n) is 6.12. The lowest BCUT2D eigenvalue weighted by Crippen LogP contribution is -2.36. The van der Waals surface area contributed by atoms with E-state index < -0.39 is 6.10 Å². The lowest BCUT2D eigenvalue weighted by atomic mass is 9.87. The maximum Gasteiger partial charge on any atom is 0.104 e. The van der Waals surface area contributed by atoms with Gasteiger partial charge in [0.05, 0.1) is 6.10 Å². The lowest BCUT2D eigenvalue weighted by Gasteiger charge is -2.37. The molecule has 0 spiro atoms. The molecule has 1 aliphatic heterocycles. The van der Waals surface area contributed by atoms with Gasteiger partial charge in [-0.3, -0.25) is 4.90 Å². The zero-order valence-electron chi connectivity index (χ0n) is 12.9. The molecule has 2 N–H and O–H groups in total. The smallest absolute Gasteiger partial charge is 0.104 e. The Hall–Kier alpha value is -1.68. The van der Waals surface area contributed by atoms with E-state index in [2.05, 4.69) is 18.0 Å². The molecule has 1 fully saturated rings. The predicted octanol–water partition coefficient (Wildman–Crippen LogP) is 2.90. The fraction of sp³-hybridized carbons (Fsp3) is 0.368. The normalized spacial score (nSPS) is 24.1. The highest BCUT2D eigenvalue weighted by Gasteiger charge is 2.29. The van der Waals surface area contributed by atoms with Gasteiger partial charge in [0, 0.05) is 12.6 Å². The number of hydrogen-bond acceptors (Lipinski definition) is 3. The van der Waals surface area contributed by atoms with E-state index in [-0.39, 0.29) is 12.1 Å². The molecular formula is C19H23NO2. The van der Waals surface area contributed by atoms with Crippen LogP contribution in [0, 0.1) is 0 Å². The van der Waals surface area contributed by atoms with Crippen molar-refractivity contribution in [3.8, 4) is 0 Å². The average Bonchev–Trinajstić information content (AvgIpc) is 2.57. The SMILES string of the molecule is CN1CCC(O)CC1c1ccccc1C(O)c1ccccc1. The molecule has 0 aromatic heterocycles. The molecule has 116 valence electrons. The number of rotatable bonds is 3. The van der Waals surface area contributed by atoms with Crippen LogP contribution in [0.4, 0.5) is 0 Å². The summed E-state index contributed by atoms with van der Waals surface area (Å²) in [5.41, 5.74) is 2.94. The largest absolute Gasteiger partial charge is 0.393 e. The topological polar surface area (TPSA) is 43.7 Å². The Balaban J connectivity index is 1.96. The summed E-state index contributed by atoms with van der Waals surface area (Å²) in [4.78, 5) is 2.27. The van der Waals surface area contributed by atoms with Crippen LogP contribution >= 0.6 is 0 Å². The van der Waals surface area contributed by atoms with Crippen LogP contribution in [0.2, 0.25) is 0 Å². The number of piperidine rings is 1. The van der Waals surface area contributed by atoms with Crippen LogP contribution in [-0.2, 0) is 0 Å². The number of aliphatic hydroxyl groups is 2. The van der Waals surface area contributed by atoms with Gasteiger partial charge in [-0.1, -0.05) is 54.6 Å². The molecule has 3 rings (SSSR count). The first-order valence-corrected chi connectivity index (χ1v) is 7.87. The summed E-state index contributed by atoms with van der Waals surface area (Å²) in [6.45, 7) is 0.877. The van der Waals surface area contributed by atoms with E-state index in [0.717, 1.165) is 36.1 Å². The number of likely N-dealkylation sites (tertiary alicyclic amines) is 1. The molecule has 0 radical (unpaired) electrons. The van der Waals surface area contributed by atoms with Crippen LogP contribution in [0.3, 0.4) is 0 Å². The van der Waals surface area contributed by atoms with Crippen LogP contribution in [0.15, 0.2) is 54.6 Å². The fourth-order valence-corrected chi connectivity index (χ4v) is 3.31. The molecule has 2 aromatic carbocycles. The van der Waals surface area contributed by atoms with Gasteiger partial charge in [-0.2, -0.15) is 0 Å². The molecule has 3 heteroatoms. The Morgan fingerprint density at radius 2 is 1.73 bits per heavy atom. The van der Waals surface area contributed by atoms with Crippen molar-refractivity contribution in [1.82, 2.24) is 4.90 Å². The van der Waals surface area contributed by atoms with E-state index in [1.807, 2.05) is 48.5 Å². The Kier molecular flexibility index (Phi) is 4.57. The van der Waals surface area contributed by atoms with Crippen LogP contribution in [-0.4, -0.2) is 34.8 Å². The van der Waals surface area contributed by atoms with E-state index in [9.17, 15) is 10.2 Å². The van der Waals surface area contributed by atoms with Gasteiger partial charge in [0.1, 0.15) is 6.10 Å². The van der Waals surface area contributed by atoms with Crippen molar-refractivity contribution >= 4 is 0 Å². The zero-order chi connectivity index (χ0) is 15.5. The van der Waals surface area contributed by atoms with Crippen molar-refractivity contribution in [2.24, 2.45) is 0 Å². The molecular weight excluding hydrogens is 274 g/mol. The highest BCUT2D eigenvalue weighted by atomic mass is 16.3. The minimum Gasteiger partial charge on any atom is -0.393 e. The third kappa shape index (κ3) is 3.07. The molecule has 1 saturated heterocycles. The van der Waals surface area contributed by atoms with Gasteiger partial charge in [-0.25, -0.2) is 0 Å². The van der Waals surface area contributed by atoms with Crippen molar-refractivity contribution in [2.45, 2.75) is 31.1 Å². The lowest BCUT2D eigenvalue weighted by molar-refractivity contribution is 0.0541. The summed E-state index contributed by atoms with van der Waals surface area (Å²) in [6.07, 6.45) is 0.638. The summed E-state index contributed by atoms with van der Waals surface area (Å²) in [7, 11) is 2.09. The van der Waals surface area contributed by atoms with Crippen molar-refractivity contribution in [3.05, 3.63) is 71.3 Å². The van der Waals surface area contributed by atoms with Gasteiger partial charge in [-0.15, -0.1) is 0 Å². The van der Waals surface area contributed by atoms with E-state index in [4.69, 9.17) is 0 Å². The van der Waals surface area contributed by atoms with Crippen LogP contribution in [0.25, 0.3) is 0 Å². The van der Waals surface area contributed by atoms with Crippen molar-refractivity contribution in [2.75, 3.05) is 13.6 Å². The van der Waals surface area contributed by atoms with Crippen molar-refractivity contribution in [3.63, 3.8) is 0 Å². The summed E-state index contributed by atoms with van der Waals surface area (Å²) < 4.78 is 0. The minimum atomic E-state index is -0.634. The minimum absolute atomic E-state index is 0.151. The first-order chi connectivity index (χ1) is 10.7. The molecule has 2 aromatic rings. The molecule has 3 unspecified atom stereocenters. The monoisotopic (exact) mass is 297 g/mol. The van der Waals surface area contributed by atoms with Crippen LogP contribution in [0.1, 0.15) is 41.7 Å². The third-order valence-electron chi connectivity index (χ3n) is 4.61.